The molecule has 1 aliphatic rings. The second-order valence-corrected chi connectivity index (χ2v) is 5.43. The van der Waals surface area contributed by atoms with E-state index >= 15 is 0 Å². The molecule has 22 heavy (non-hydrogen) atoms. The zero-order valence-corrected chi connectivity index (χ0v) is 13.1. The van der Waals surface area contributed by atoms with Crippen molar-refractivity contribution < 1.29 is 23.8 Å². The van der Waals surface area contributed by atoms with Crippen LogP contribution in [0.15, 0.2) is 18.2 Å². The lowest BCUT2D eigenvalue weighted by atomic mass is 10.1. The third kappa shape index (κ3) is 3.90. The Morgan fingerprint density at radius 1 is 1.27 bits per heavy atom. The monoisotopic (exact) mass is 307 g/mol. The molecule has 0 spiro atoms. The summed E-state index contributed by atoms with van der Waals surface area (Å²) in [5.74, 6) is 0.933. The molecule has 6 nitrogen and oxygen atoms in total. The molecular weight excluding hydrogens is 286 g/mol. The van der Waals surface area contributed by atoms with Crippen LogP contribution >= 0.6 is 0 Å². The molecule has 0 aliphatic carbocycles. The molecule has 1 aromatic rings. The fourth-order valence-corrected chi connectivity index (χ4v) is 2.22. The lowest BCUT2D eigenvalue weighted by Gasteiger charge is -2.24. The van der Waals surface area contributed by atoms with E-state index in [-0.39, 0.29) is 31.0 Å². The maximum atomic E-state index is 12.3. The number of esters is 1. The average molecular weight is 307 g/mol. The largest absolute Gasteiger partial charge is 0.469 e. The second-order valence-electron chi connectivity index (χ2n) is 5.43. The van der Waals surface area contributed by atoms with Crippen LogP contribution in [-0.2, 0) is 20.9 Å². The molecule has 6 heteroatoms. The van der Waals surface area contributed by atoms with Gasteiger partial charge in [-0.1, -0.05) is 19.9 Å². The Morgan fingerprint density at radius 3 is 2.68 bits per heavy atom. The van der Waals surface area contributed by atoms with Crippen molar-refractivity contribution in [2.45, 2.75) is 26.8 Å². The molecule has 1 heterocycles. The van der Waals surface area contributed by atoms with Crippen molar-refractivity contribution in [2.75, 3.05) is 20.4 Å². The Kier molecular flexibility index (Phi) is 5.25. The predicted octanol–water partition coefficient (Wildman–Crippen LogP) is 1.96. The number of hydrogen-bond donors (Lipinski definition) is 0. The highest BCUT2D eigenvalue weighted by Gasteiger charge is 2.20. The number of carbonyl (C=O) groups excluding carboxylic acids is 2. The Bertz CT molecular complexity index is 555. The first-order valence-corrected chi connectivity index (χ1v) is 7.25. The molecule has 0 N–H and O–H groups in total. The van der Waals surface area contributed by atoms with E-state index in [1.165, 1.54) is 7.11 Å². The van der Waals surface area contributed by atoms with Gasteiger partial charge >= 0.3 is 5.97 Å². The van der Waals surface area contributed by atoms with E-state index in [9.17, 15) is 9.59 Å². The van der Waals surface area contributed by atoms with E-state index in [2.05, 4.69) is 4.74 Å². The SMILES string of the molecule is COC(=O)CCN(Cc1ccc2c(c1)OCO2)C(=O)C(C)C. The van der Waals surface area contributed by atoms with Gasteiger partial charge in [0.05, 0.1) is 13.5 Å². The van der Waals surface area contributed by atoms with Gasteiger partial charge in [-0.05, 0) is 17.7 Å². The third-order valence-corrected chi connectivity index (χ3v) is 3.43. The molecule has 0 aromatic heterocycles. The quantitative estimate of drug-likeness (QED) is 0.752. The van der Waals surface area contributed by atoms with E-state index in [1.54, 1.807) is 4.90 Å². The van der Waals surface area contributed by atoms with Crippen LogP contribution in [0.3, 0.4) is 0 Å². The van der Waals surface area contributed by atoms with Crippen LogP contribution in [0.2, 0.25) is 0 Å². The predicted molar refractivity (Wildman–Crippen MR) is 79.5 cm³/mol. The van der Waals surface area contributed by atoms with Crippen molar-refractivity contribution in [1.29, 1.82) is 0 Å². The highest BCUT2D eigenvalue weighted by Crippen LogP contribution is 2.32. The Balaban J connectivity index is 2.08. The molecule has 2 rings (SSSR count). The first-order valence-electron chi connectivity index (χ1n) is 7.25. The molecule has 0 saturated heterocycles. The van der Waals surface area contributed by atoms with E-state index in [0.717, 1.165) is 5.56 Å². The minimum absolute atomic E-state index is 0.00145. The van der Waals surface area contributed by atoms with Crippen LogP contribution in [0.5, 0.6) is 11.5 Å². The van der Waals surface area contributed by atoms with Gasteiger partial charge in [-0.2, -0.15) is 0 Å². The van der Waals surface area contributed by atoms with Crippen molar-refractivity contribution in [3.8, 4) is 11.5 Å². The van der Waals surface area contributed by atoms with Gasteiger partial charge in [-0.25, -0.2) is 0 Å². The highest BCUT2D eigenvalue weighted by molar-refractivity contribution is 5.79. The summed E-state index contributed by atoms with van der Waals surface area (Å²) in [5.41, 5.74) is 0.933. The topological polar surface area (TPSA) is 65.1 Å². The van der Waals surface area contributed by atoms with Gasteiger partial charge in [-0.3, -0.25) is 9.59 Å². The maximum absolute atomic E-state index is 12.3. The van der Waals surface area contributed by atoms with E-state index in [4.69, 9.17) is 9.47 Å². The van der Waals surface area contributed by atoms with Crippen LogP contribution in [0.1, 0.15) is 25.8 Å². The number of rotatable bonds is 6. The molecule has 1 aliphatic heterocycles. The minimum Gasteiger partial charge on any atom is -0.469 e. The molecule has 0 radical (unpaired) electrons. The standard InChI is InChI=1S/C16H21NO5/c1-11(2)16(19)17(7-6-15(18)20-3)9-12-4-5-13-14(8-12)22-10-21-13/h4-5,8,11H,6-7,9-10H2,1-3H3. The molecule has 0 fully saturated rings. The minimum atomic E-state index is -0.327. The van der Waals surface area contributed by atoms with Crippen molar-refractivity contribution in [3.05, 3.63) is 23.8 Å². The zero-order chi connectivity index (χ0) is 16.1. The van der Waals surface area contributed by atoms with Gasteiger partial charge in [0.25, 0.3) is 0 Å². The molecular formula is C16H21NO5. The molecule has 1 amide bonds. The van der Waals surface area contributed by atoms with Gasteiger partial charge in [0, 0.05) is 19.0 Å². The van der Waals surface area contributed by atoms with Crippen LogP contribution in [0.4, 0.5) is 0 Å². The average Bonchev–Trinajstić information content (AvgIpc) is 2.97. The fraction of sp³-hybridized carbons (Fsp3) is 0.500. The maximum Gasteiger partial charge on any atom is 0.307 e. The van der Waals surface area contributed by atoms with Gasteiger partial charge in [0.15, 0.2) is 11.5 Å². The Labute approximate surface area is 129 Å². The number of benzene rings is 1. The zero-order valence-electron chi connectivity index (χ0n) is 13.1. The summed E-state index contributed by atoms with van der Waals surface area (Å²) in [6.07, 6.45) is 0.180. The number of ether oxygens (including phenoxy) is 3. The van der Waals surface area contributed by atoms with Gasteiger partial charge < -0.3 is 19.1 Å². The van der Waals surface area contributed by atoms with E-state index < -0.39 is 0 Å². The molecule has 120 valence electrons. The molecule has 0 atom stereocenters. The van der Waals surface area contributed by atoms with E-state index in [0.29, 0.717) is 24.6 Å². The number of amides is 1. The molecule has 1 aromatic carbocycles. The number of carbonyl (C=O) groups is 2. The fourth-order valence-electron chi connectivity index (χ4n) is 2.22. The Hall–Kier alpha value is -2.24. The summed E-state index contributed by atoms with van der Waals surface area (Å²) in [6.45, 7) is 4.65. The van der Waals surface area contributed by atoms with Crippen molar-refractivity contribution in [3.63, 3.8) is 0 Å². The summed E-state index contributed by atoms with van der Waals surface area (Å²) in [5, 5.41) is 0. The van der Waals surface area contributed by atoms with Crippen LogP contribution in [0.25, 0.3) is 0 Å². The van der Waals surface area contributed by atoms with Crippen molar-refractivity contribution in [1.82, 2.24) is 4.90 Å². The van der Waals surface area contributed by atoms with Crippen molar-refractivity contribution >= 4 is 11.9 Å². The van der Waals surface area contributed by atoms with Gasteiger partial charge in [-0.15, -0.1) is 0 Å². The van der Waals surface area contributed by atoms with Gasteiger partial charge in [0.2, 0.25) is 12.7 Å². The lowest BCUT2D eigenvalue weighted by Crippen LogP contribution is -2.35. The summed E-state index contributed by atoms with van der Waals surface area (Å²) in [4.78, 5) is 25.3. The van der Waals surface area contributed by atoms with Gasteiger partial charge in [0.1, 0.15) is 0 Å². The lowest BCUT2D eigenvalue weighted by molar-refractivity contribution is -0.142. The second kappa shape index (κ2) is 7.15. The summed E-state index contributed by atoms with van der Waals surface area (Å²) in [6, 6.07) is 5.59. The van der Waals surface area contributed by atoms with Crippen LogP contribution in [0, 0.1) is 5.92 Å². The van der Waals surface area contributed by atoms with Crippen LogP contribution < -0.4 is 9.47 Å². The van der Waals surface area contributed by atoms with E-state index in [1.807, 2.05) is 32.0 Å². The van der Waals surface area contributed by atoms with Crippen LogP contribution in [-0.4, -0.2) is 37.2 Å². The summed E-state index contributed by atoms with van der Waals surface area (Å²) >= 11 is 0. The molecule has 0 bridgehead atoms. The summed E-state index contributed by atoms with van der Waals surface area (Å²) in [7, 11) is 1.34. The van der Waals surface area contributed by atoms with Crippen molar-refractivity contribution in [2.24, 2.45) is 5.92 Å². The highest BCUT2D eigenvalue weighted by atomic mass is 16.7. The number of hydrogen-bond acceptors (Lipinski definition) is 5. The summed E-state index contributed by atoms with van der Waals surface area (Å²) < 4.78 is 15.3. The molecule has 0 saturated carbocycles. The number of fused-ring (bicyclic) bond motifs is 1. The Morgan fingerprint density at radius 2 is 2.00 bits per heavy atom. The first kappa shape index (κ1) is 16.1. The smallest absolute Gasteiger partial charge is 0.307 e. The normalized spacial score (nSPS) is 12.4. The number of nitrogens with zero attached hydrogens (tertiary/aromatic N) is 1. The third-order valence-electron chi connectivity index (χ3n) is 3.43. The molecule has 0 unspecified atom stereocenters. The number of methoxy groups -OCH3 is 1. The first-order chi connectivity index (χ1) is 10.5.